The highest BCUT2D eigenvalue weighted by molar-refractivity contribution is 9.10. The monoisotopic (exact) mass is 322 g/mol. The fraction of sp³-hybridized carbons (Fsp3) is 0.214. The number of furan rings is 1. The minimum atomic E-state index is -0.0880. The second kappa shape index (κ2) is 6.54. The average Bonchev–Trinajstić information content (AvgIpc) is 2.85. The van der Waals surface area contributed by atoms with Gasteiger partial charge in [-0.25, -0.2) is 0 Å². The van der Waals surface area contributed by atoms with Gasteiger partial charge in [0.25, 0.3) is 5.91 Å². The van der Waals surface area contributed by atoms with Crippen LogP contribution in [-0.2, 0) is 6.54 Å². The van der Waals surface area contributed by atoms with Crippen LogP contribution in [-0.4, -0.2) is 23.9 Å². The number of carbonyl (C=O) groups excluding carboxylic acids is 1. The van der Waals surface area contributed by atoms with E-state index >= 15 is 0 Å². The molecule has 0 bridgehead atoms. The SMILES string of the molecule is NCCN(Cc1ccccc1)C(=O)c1ccoc1Br. The van der Waals surface area contributed by atoms with Crippen LogP contribution in [0, 0.1) is 0 Å². The molecule has 0 saturated carbocycles. The highest BCUT2D eigenvalue weighted by Gasteiger charge is 2.19. The Kier molecular flexibility index (Phi) is 4.76. The highest BCUT2D eigenvalue weighted by atomic mass is 79.9. The van der Waals surface area contributed by atoms with Gasteiger partial charge in [0.1, 0.15) is 0 Å². The molecule has 0 fully saturated rings. The number of hydrogen-bond acceptors (Lipinski definition) is 3. The van der Waals surface area contributed by atoms with Gasteiger partial charge in [-0.1, -0.05) is 30.3 Å². The number of amides is 1. The normalized spacial score (nSPS) is 10.4. The van der Waals surface area contributed by atoms with Crippen molar-refractivity contribution in [1.29, 1.82) is 0 Å². The van der Waals surface area contributed by atoms with Gasteiger partial charge in [-0.05, 0) is 27.6 Å². The lowest BCUT2D eigenvalue weighted by atomic mass is 10.2. The summed E-state index contributed by atoms with van der Waals surface area (Å²) in [7, 11) is 0. The fourth-order valence-electron chi connectivity index (χ4n) is 1.83. The van der Waals surface area contributed by atoms with Crippen LogP contribution in [0.4, 0.5) is 0 Å². The Hall–Kier alpha value is -1.59. The van der Waals surface area contributed by atoms with Gasteiger partial charge >= 0.3 is 0 Å². The summed E-state index contributed by atoms with van der Waals surface area (Å²) in [6, 6.07) is 11.5. The third-order valence-electron chi connectivity index (χ3n) is 2.75. The molecule has 0 aliphatic heterocycles. The molecule has 19 heavy (non-hydrogen) atoms. The Morgan fingerprint density at radius 3 is 2.58 bits per heavy atom. The van der Waals surface area contributed by atoms with Gasteiger partial charge < -0.3 is 15.1 Å². The number of halogens is 1. The predicted molar refractivity (Wildman–Crippen MR) is 76.6 cm³/mol. The summed E-state index contributed by atoms with van der Waals surface area (Å²) < 4.78 is 5.55. The molecule has 1 aromatic carbocycles. The smallest absolute Gasteiger partial charge is 0.258 e. The molecule has 1 amide bonds. The molecule has 5 heteroatoms. The van der Waals surface area contributed by atoms with Crippen molar-refractivity contribution in [3.63, 3.8) is 0 Å². The molecular formula is C14H15BrN2O2. The third-order valence-corrected chi connectivity index (χ3v) is 3.36. The minimum Gasteiger partial charge on any atom is -0.457 e. The molecule has 0 saturated heterocycles. The van der Waals surface area contributed by atoms with Crippen LogP contribution in [0.1, 0.15) is 15.9 Å². The maximum Gasteiger partial charge on any atom is 0.258 e. The second-order valence-electron chi connectivity index (χ2n) is 4.11. The minimum absolute atomic E-state index is 0.0880. The van der Waals surface area contributed by atoms with Gasteiger partial charge in [0.05, 0.1) is 11.8 Å². The molecule has 0 atom stereocenters. The van der Waals surface area contributed by atoms with Gasteiger partial charge in [-0.15, -0.1) is 0 Å². The molecule has 2 aromatic rings. The van der Waals surface area contributed by atoms with Crippen LogP contribution in [0.3, 0.4) is 0 Å². The first-order valence-corrected chi connectivity index (χ1v) is 6.78. The number of nitrogens with zero attached hydrogens (tertiary/aromatic N) is 1. The molecule has 0 aliphatic carbocycles. The fourth-order valence-corrected chi connectivity index (χ4v) is 2.24. The maximum atomic E-state index is 12.4. The summed E-state index contributed by atoms with van der Waals surface area (Å²) in [5, 5.41) is 0. The molecule has 4 nitrogen and oxygen atoms in total. The second-order valence-corrected chi connectivity index (χ2v) is 4.83. The van der Waals surface area contributed by atoms with Crippen molar-refractivity contribution < 1.29 is 9.21 Å². The lowest BCUT2D eigenvalue weighted by Gasteiger charge is -2.21. The summed E-state index contributed by atoms with van der Waals surface area (Å²) in [6.07, 6.45) is 1.49. The Balaban J connectivity index is 2.16. The zero-order valence-corrected chi connectivity index (χ0v) is 12.0. The van der Waals surface area contributed by atoms with Crippen LogP contribution in [0.15, 0.2) is 51.7 Å². The van der Waals surface area contributed by atoms with E-state index in [4.69, 9.17) is 10.2 Å². The first-order chi connectivity index (χ1) is 9.22. The van der Waals surface area contributed by atoms with E-state index in [1.165, 1.54) is 6.26 Å². The van der Waals surface area contributed by atoms with E-state index in [2.05, 4.69) is 15.9 Å². The number of carbonyl (C=O) groups is 1. The molecular weight excluding hydrogens is 308 g/mol. The van der Waals surface area contributed by atoms with Gasteiger partial charge in [0, 0.05) is 19.6 Å². The predicted octanol–water partition coefficient (Wildman–Crippen LogP) is 2.64. The van der Waals surface area contributed by atoms with Crippen LogP contribution in [0.25, 0.3) is 0 Å². The van der Waals surface area contributed by atoms with Gasteiger partial charge in [0.2, 0.25) is 0 Å². The number of benzene rings is 1. The van der Waals surface area contributed by atoms with E-state index in [0.717, 1.165) is 5.56 Å². The van der Waals surface area contributed by atoms with Crippen molar-refractivity contribution in [3.05, 3.63) is 58.5 Å². The number of nitrogens with two attached hydrogens (primary N) is 1. The molecule has 1 heterocycles. The van der Waals surface area contributed by atoms with Gasteiger partial charge in [-0.2, -0.15) is 0 Å². The highest BCUT2D eigenvalue weighted by Crippen LogP contribution is 2.20. The van der Waals surface area contributed by atoms with Crippen molar-refractivity contribution >= 4 is 21.8 Å². The Labute approximate surface area is 120 Å². The molecule has 0 radical (unpaired) electrons. The molecule has 0 unspecified atom stereocenters. The quantitative estimate of drug-likeness (QED) is 0.920. The molecule has 1 aromatic heterocycles. The molecule has 0 spiro atoms. The molecule has 2 rings (SSSR count). The first-order valence-electron chi connectivity index (χ1n) is 5.98. The lowest BCUT2D eigenvalue weighted by molar-refractivity contribution is 0.0746. The summed E-state index contributed by atoms with van der Waals surface area (Å²) in [4.78, 5) is 14.1. The first kappa shape index (κ1) is 13.8. The van der Waals surface area contributed by atoms with E-state index in [1.54, 1.807) is 11.0 Å². The van der Waals surface area contributed by atoms with E-state index in [-0.39, 0.29) is 5.91 Å². The van der Waals surface area contributed by atoms with E-state index in [9.17, 15) is 4.79 Å². The van der Waals surface area contributed by atoms with Gasteiger partial charge in [0.15, 0.2) is 4.67 Å². The summed E-state index contributed by atoms with van der Waals surface area (Å²) in [5.41, 5.74) is 7.17. The van der Waals surface area contributed by atoms with Crippen molar-refractivity contribution in [1.82, 2.24) is 4.90 Å². The van der Waals surface area contributed by atoms with Crippen molar-refractivity contribution in [3.8, 4) is 0 Å². The number of rotatable bonds is 5. The van der Waals surface area contributed by atoms with Crippen molar-refractivity contribution in [2.24, 2.45) is 5.73 Å². The lowest BCUT2D eigenvalue weighted by Crippen LogP contribution is -2.34. The summed E-state index contributed by atoms with van der Waals surface area (Å²) >= 11 is 3.23. The Morgan fingerprint density at radius 2 is 2.00 bits per heavy atom. The van der Waals surface area contributed by atoms with Crippen LogP contribution < -0.4 is 5.73 Å². The average molecular weight is 323 g/mol. The van der Waals surface area contributed by atoms with Crippen LogP contribution in [0.5, 0.6) is 0 Å². The third kappa shape index (κ3) is 3.45. The zero-order valence-electron chi connectivity index (χ0n) is 10.4. The van der Waals surface area contributed by atoms with Crippen molar-refractivity contribution in [2.75, 3.05) is 13.1 Å². The topological polar surface area (TPSA) is 59.5 Å². The van der Waals surface area contributed by atoms with Crippen molar-refractivity contribution in [2.45, 2.75) is 6.54 Å². The van der Waals surface area contributed by atoms with Crippen LogP contribution in [0.2, 0.25) is 0 Å². The van der Waals surface area contributed by atoms with Crippen LogP contribution >= 0.6 is 15.9 Å². The largest absolute Gasteiger partial charge is 0.457 e. The molecule has 0 aliphatic rings. The standard InChI is InChI=1S/C14H15BrN2O2/c15-13-12(6-9-19-13)14(18)17(8-7-16)10-11-4-2-1-3-5-11/h1-6,9H,7-8,10,16H2. The molecule has 2 N–H and O–H groups in total. The number of hydrogen-bond donors (Lipinski definition) is 1. The van der Waals surface area contributed by atoms with E-state index in [1.807, 2.05) is 30.3 Å². The Morgan fingerprint density at radius 1 is 1.26 bits per heavy atom. The summed E-state index contributed by atoms with van der Waals surface area (Å²) in [6.45, 7) is 1.47. The molecule has 100 valence electrons. The van der Waals surface area contributed by atoms with Gasteiger partial charge in [-0.3, -0.25) is 4.79 Å². The van der Waals surface area contributed by atoms with E-state index < -0.39 is 0 Å². The zero-order chi connectivity index (χ0) is 13.7. The summed E-state index contributed by atoms with van der Waals surface area (Å²) in [5.74, 6) is -0.0880. The maximum absolute atomic E-state index is 12.4. The van der Waals surface area contributed by atoms with E-state index in [0.29, 0.717) is 29.9 Å². The Bertz CT molecular complexity index is 539.